The maximum absolute atomic E-state index is 12.7. The Morgan fingerprint density at radius 2 is 1.55 bits per heavy atom. The van der Waals surface area contributed by atoms with E-state index in [1.807, 2.05) is 50.2 Å². The van der Waals surface area contributed by atoms with Crippen LogP contribution in [0.25, 0.3) is 11.1 Å². The van der Waals surface area contributed by atoms with Crippen LogP contribution in [0.2, 0.25) is 0 Å². The van der Waals surface area contributed by atoms with Gasteiger partial charge in [-0.1, -0.05) is 50.2 Å². The highest BCUT2D eigenvalue weighted by Crippen LogP contribution is 2.28. The summed E-state index contributed by atoms with van der Waals surface area (Å²) in [7, 11) is 0. The van der Waals surface area contributed by atoms with Crippen LogP contribution >= 0.6 is 0 Å². The van der Waals surface area contributed by atoms with Gasteiger partial charge >= 0.3 is 5.97 Å². The lowest BCUT2D eigenvalue weighted by Gasteiger charge is -2.33. The first-order valence-corrected chi connectivity index (χ1v) is 10.6. The molecule has 2 aromatic rings. The number of esters is 1. The number of anilines is 1. The van der Waals surface area contributed by atoms with Crippen LogP contribution in [0.5, 0.6) is 0 Å². The Balaban J connectivity index is 2.35. The normalized spacial score (nSPS) is 13.8. The van der Waals surface area contributed by atoms with Crippen LogP contribution in [0.15, 0.2) is 48.5 Å². The Morgan fingerprint density at radius 3 is 1.93 bits per heavy atom. The predicted molar refractivity (Wildman–Crippen MR) is 117 cm³/mol. The maximum atomic E-state index is 12.7. The molecule has 0 aliphatic carbocycles. The molecule has 0 saturated heterocycles. The van der Waals surface area contributed by atoms with Crippen molar-refractivity contribution in [2.24, 2.45) is 11.7 Å². The number of rotatable bonds is 7. The molecule has 0 amide bonds. The molecule has 7 heteroatoms. The highest BCUT2D eigenvalue weighted by Gasteiger charge is 2.36. The Hall–Kier alpha value is -2.22. The minimum absolute atomic E-state index is 0.232. The molecular weight excluding hydrogens is 388 g/mol. The number of ether oxygens (including phenoxy) is 1. The van der Waals surface area contributed by atoms with Gasteiger partial charge in [0.05, 0.1) is 5.69 Å². The van der Waals surface area contributed by atoms with Crippen LogP contribution in [0.3, 0.4) is 0 Å². The number of carbonyl (C=O) groups excluding carboxylic acids is 1. The van der Waals surface area contributed by atoms with Crippen molar-refractivity contribution in [3.8, 4) is 11.1 Å². The zero-order chi connectivity index (χ0) is 21.8. The molecule has 2 aromatic carbocycles. The van der Waals surface area contributed by atoms with Crippen LogP contribution in [-0.2, 0) is 27.3 Å². The molecule has 0 heterocycles. The molecule has 158 valence electrons. The minimum atomic E-state index is -2.39. The van der Waals surface area contributed by atoms with E-state index in [0.29, 0.717) is 12.2 Å². The number of benzene rings is 2. The van der Waals surface area contributed by atoms with E-state index in [4.69, 9.17) is 10.5 Å². The van der Waals surface area contributed by atoms with Gasteiger partial charge in [-0.3, -0.25) is 8.86 Å². The zero-order valence-corrected chi connectivity index (χ0v) is 18.4. The number of nitrogens with zero attached hydrogens (tertiary/aromatic N) is 1. The van der Waals surface area contributed by atoms with E-state index in [0.717, 1.165) is 16.7 Å². The zero-order valence-electron chi connectivity index (χ0n) is 17.6. The second-order valence-electron chi connectivity index (χ2n) is 8.23. The molecular formula is C22H30N2O4S. The van der Waals surface area contributed by atoms with Crippen LogP contribution in [0, 0.1) is 5.92 Å². The fraction of sp³-hybridized carbons (Fsp3) is 0.409. The molecule has 29 heavy (non-hydrogen) atoms. The Labute approximate surface area is 175 Å². The second-order valence-corrected chi connectivity index (χ2v) is 9.08. The smallest absolute Gasteiger partial charge is 0.330 e. The predicted octanol–water partition coefficient (Wildman–Crippen LogP) is 4.12. The molecule has 0 spiro atoms. The van der Waals surface area contributed by atoms with Crippen molar-refractivity contribution in [1.82, 2.24) is 0 Å². The molecule has 6 nitrogen and oxygen atoms in total. The molecule has 2 rings (SSSR count). The van der Waals surface area contributed by atoms with Crippen molar-refractivity contribution in [1.29, 1.82) is 0 Å². The Kier molecular flexibility index (Phi) is 7.57. The third-order valence-electron chi connectivity index (χ3n) is 4.35. The summed E-state index contributed by atoms with van der Waals surface area (Å²) in [4.78, 5) is 12.7. The lowest BCUT2D eigenvalue weighted by Crippen LogP contribution is -2.48. The van der Waals surface area contributed by atoms with Gasteiger partial charge in [-0.25, -0.2) is 9.00 Å². The monoisotopic (exact) mass is 418 g/mol. The number of nitrogens with two attached hydrogens (primary N) is 1. The second kappa shape index (κ2) is 9.52. The molecule has 2 atom stereocenters. The van der Waals surface area contributed by atoms with Gasteiger partial charge in [0.2, 0.25) is 0 Å². The van der Waals surface area contributed by atoms with E-state index in [9.17, 15) is 13.6 Å². The number of carbonyl (C=O) groups is 1. The molecule has 0 aliphatic rings. The number of hydrogen-bond acceptors (Lipinski definition) is 4. The molecule has 2 unspecified atom stereocenters. The van der Waals surface area contributed by atoms with Gasteiger partial charge in [0.1, 0.15) is 11.6 Å². The van der Waals surface area contributed by atoms with E-state index >= 15 is 0 Å². The van der Waals surface area contributed by atoms with Crippen LogP contribution in [-0.4, -0.2) is 26.4 Å². The molecule has 3 N–H and O–H groups in total. The molecule has 0 aromatic heterocycles. The van der Waals surface area contributed by atoms with Crippen molar-refractivity contribution >= 4 is 22.9 Å². The molecule has 0 bridgehead atoms. The average Bonchev–Trinajstić information content (AvgIpc) is 2.64. The summed E-state index contributed by atoms with van der Waals surface area (Å²) in [6.45, 7) is 9.44. The van der Waals surface area contributed by atoms with Gasteiger partial charge in [-0.2, -0.15) is 0 Å². The lowest BCUT2D eigenvalue weighted by molar-refractivity contribution is -0.157. The summed E-state index contributed by atoms with van der Waals surface area (Å²) < 4.78 is 28.8. The summed E-state index contributed by atoms with van der Waals surface area (Å²) in [5, 5.41) is 0. The first-order valence-electron chi connectivity index (χ1n) is 9.56. The fourth-order valence-corrected chi connectivity index (χ4v) is 3.81. The van der Waals surface area contributed by atoms with Gasteiger partial charge in [-0.05, 0) is 55.5 Å². The first kappa shape index (κ1) is 23.1. The summed E-state index contributed by atoms with van der Waals surface area (Å²) in [5.74, 6) is -0.763. The standard InChI is InChI=1S/C22H30N2O4S/c1-15(2)20(21(25)28-22(3,4)5)24(29(26)27)19-12-10-18(11-13-19)17-8-6-16(14-23)7-9-17/h6-13,15,20H,14,23H2,1-5H3,(H,26,27). The fourth-order valence-electron chi connectivity index (χ4n) is 2.98. The number of hydrogen-bond donors (Lipinski definition) is 2. The highest BCUT2D eigenvalue weighted by atomic mass is 32.2. The van der Waals surface area contributed by atoms with Crippen molar-refractivity contribution in [2.75, 3.05) is 4.31 Å². The molecule has 0 saturated carbocycles. The van der Waals surface area contributed by atoms with Gasteiger partial charge in [-0.15, -0.1) is 0 Å². The largest absolute Gasteiger partial charge is 0.458 e. The van der Waals surface area contributed by atoms with Crippen molar-refractivity contribution in [3.63, 3.8) is 0 Å². The lowest BCUT2D eigenvalue weighted by atomic mass is 10.0. The molecule has 0 radical (unpaired) electrons. The summed E-state index contributed by atoms with van der Waals surface area (Å²) in [6, 6.07) is 14.2. The maximum Gasteiger partial charge on any atom is 0.330 e. The van der Waals surface area contributed by atoms with Crippen LogP contribution in [0.4, 0.5) is 5.69 Å². The third-order valence-corrected chi connectivity index (χ3v) is 5.12. The molecule has 0 fully saturated rings. The van der Waals surface area contributed by atoms with Crippen molar-refractivity contribution < 1.29 is 18.3 Å². The first-order chi connectivity index (χ1) is 13.5. The molecule has 0 aliphatic heterocycles. The quantitative estimate of drug-likeness (QED) is 0.521. The topological polar surface area (TPSA) is 92.9 Å². The Morgan fingerprint density at radius 1 is 1.07 bits per heavy atom. The van der Waals surface area contributed by atoms with Gasteiger partial charge in [0, 0.05) is 6.54 Å². The van der Waals surface area contributed by atoms with E-state index in [1.165, 1.54) is 4.31 Å². The van der Waals surface area contributed by atoms with Crippen molar-refractivity contribution in [2.45, 2.75) is 52.8 Å². The minimum Gasteiger partial charge on any atom is -0.458 e. The van der Waals surface area contributed by atoms with Gasteiger partial charge < -0.3 is 10.5 Å². The van der Waals surface area contributed by atoms with E-state index in [1.54, 1.807) is 32.9 Å². The summed E-state index contributed by atoms with van der Waals surface area (Å²) in [5.41, 5.74) is 8.44. The van der Waals surface area contributed by atoms with E-state index in [-0.39, 0.29) is 5.92 Å². The van der Waals surface area contributed by atoms with Crippen LogP contribution < -0.4 is 10.0 Å². The van der Waals surface area contributed by atoms with Crippen LogP contribution in [0.1, 0.15) is 40.2 Å². The highest BCUT2D eigenvalue weighted by molar-refractivity contribution is 7.80. The van der Waals surface area contributed by atoms with Gasteiger partial charge in [0.25, 0.3) is 11.3 Å². The summed E-state index contributed by atoms with van der Waals surface area (Å²) >= 11 is -2.39. The van der Waals surface area contributed by atoms with Crippen molar-refractivity contribution in [3.05, 3.63) is 54.1 Å². The third kappa shape index (κ3) is 6.13. The average molecular weight is 419 g/mol. The summed E-state index contributed by atoms with van der Waals surface area (Å²) in [6.07, 6.45) is 0. The SMILES string of the molecule is CC(C)C(C(=O)OC(C)(C)C)N(c1ccc(-c2ccc(CN)cc2)cc1)S(=O)O. The Bertz CT molecular complexity index is 843. The van der Waals surface area contributed by atoms with E-state index in [2.05, 4.69) is 0 Å². The van der Waals surface area contributed by atoms with Gasteiger partial charge in [0.15, 0.2) is 0 Å². The van der Waals surface area contributed by atoms with E-state index < -0.39 is 28.9 Å².